The molecule has 0 aromatic heterocycles. The highest BCUT2D eigenvalue weighted by atomic mass is 16.6. The van der Waals surface area contributed by atoms with Gasteiger partial charge in [0, 0.05) is 19.8 Å². The molecule has 2 aliphatic rings. The maximum absolute atomic E-state index is 12.8. The second kappa shape index (κ2) is 7.28. The summed E-state index contributed by atoms with van der Waals surface area (Å²) >= 11 is 0. The standard InChI is InChI=1S/C17H32N2O3/c1-16(2,3)22-15(20)17(6-10-21-11-7-17)13-19-8-4-14(12-18)5-9-19/h14H,4-13,18H2,1-3H3. The van der Waals surface area contributed by atoms with Crippen molar-refractivity contribution >= 4 is 5.97 Å². The van der Waals surface area contributed by atoms with Crippen molar-refractivity contribution < 1.29 is 14.3 Å². The van der Waals surface area contributed by atoms with Crippen LogP contribution in [0.2, 0.25) is 0 Å². The van der Waals surface area contributed by atoms with E-state index in [1.807, 2.05) is 20.8 Å². The minimum absolute atomic E-state index is 0.0516. The van der Waals surface area contributed by atoms with E-state index in [0.717, 1.165) is 51.9 Å². The first-order chi connectivity index (χ1) is 10.3. The Bertz CT molecular complexity index is 365. The van der Waals surface area contributed by atoms with Gasteiger partial charge in [-0.05, 0) is 72.0 Å². The van der Waals surface area contributed by atoms with Crippen molar-refractivity contribution in [1.82, 2.24) is 4.90 Å². The van der Waals surface area contributed by atoms with Crippen molar-refractivity contribution in [2.45, 2.75) is 52.1 Å². The fraction of sp³-hybridized carbons (Fsp3) is 0.941. The third kappa shape index (κ3) is 4.67. The average molecular weight is 312 g/mol. The summed E-state index contributed by atoms with van der Waals surface area (Å²) in [7, 11) is 0. The van der Waals surface area contributed by atoms with Crippen LogP contribution in [0.4, 0.5) is 0 Å². The van der Waals surface area contributed by atoms with Crippen LogP contribution in [-0.4, -0.2) is 55.9 Å². The molecule has 0 saturated carbocycles. The minimum atomic E-state index is -0.436. The van der Waals surface area contributed by atoms with Gasteiger partial charge in [-0.15, -0.1) is 0 Å². The minimum Gasteiger partial charge on any atom is -0.460 e. The Morgan fingerprint density at radius 2 is 1.86 bits per heavy atom. The maximum atomic E-state index is 12.8. The van der Waals surface area contributed by atoms with Crippen molar-refractivity contribution in [3.05, 3.63) is 0 Å². The molecule has 2 saturated heterocycles. The van der Waals surface area contributed by atoms with E-state index in [0.29, 0.717) is 19.1 Å². The van der Waals surface area contributed by atoms with Crippen LogP contribution in [0.5, 0.6) is 0 Å². The number of carbonyl (C=O) groups is 1. The summed E-state index contributed by atoms with van der Waals surface area (Å²) in [6, 6.07) is 0. The number of esters is 1. The number of hydrogen-bond donors (Lipinski definition) is 1. The zero-order chi connectivity index (χ0) is 16.2. The Labute approximate surface area is 134 Å². The molecule has 0 aromatic carbocycles. The summed E-state index contributed by atoms with van der Waals surface area (Å²) in [5.74, 6) is 0.590. The molecule has 0 unspecified atom stereocenters. The summed E-state index contributed by atoms with van der Waals surface area (Å²) in [6.07, 6.45) is 3.80. The lowest BCUT2D eigenvalue weighted by Gasteiger charge is -2.42. The Hall–Kier alpha value is -0.650. The SMILES string of the molecule is CC(C)(C)OC(=O)C1(CN2CCC(CN)CC2)CCOCC1. The number of hydrogen-bond acceptors (Lipinski definition) is 5. The number of piperidine rings is 1. The van der Waals surface area contributed by atoms with Gasteiger partial charge in [0.25, 0.3) is 0 Å². The molecule has 0 atom stereocenters. The zero-order valence-corrected chi connectivity index (χ0v) is 14.4. The molecule has 2 fully saturated rings. The summed E-state index contributed by atoms with van der Waals surface area (Å²) in [6.45, 7) is 10.7. The van der Waals surface area contributed by atoms with E-state index < -0.39 is 11.0 Å². The predicted octanol–water partition coefficient (Wildman–Crippen LogP) is 1.80. The van der Waals surface area contributed by atoms with E-state index >= 15 is 0 Å². The fourth-order valence-electron chi connectivity index (χ4n) is 3.38. The van der Waals surface area contributed by atoms with E-state index in [1.54, 1.807) is 0 Å². The zero-order valence-electron chi connectivity index (χ0n) is 14.4. The Balaban J connectivity index is 2.01. The molecule has 2 aliphatic heterocycles. The van der Waals surface area contributed by atoms with Crippen molar-refractivity contribution in [3.8, 4) is 0 Å². The third-order valence-corrected chi connectivity index (χ3v) is 4.85. The molecule has 5 heteroatoms. The number of rotatable bonds is 4. The number of nitrogens with two attached hydrogens (primary N) is 1. The van der Waals surface area contributed by atoms with Gasteiger partial charge in [-0.1, -0.05) is 0 Å². The fourth-order valence-corrected chi connectivity index (χ4v) is 3.38. The summed E-state index contributed by atoms with van der Waals surface area (Å²) < 4.78 is 11.2. The summed E-state index contributed by atoms with van der Waals surface area (Å²) in [5, 5.41) is 0. The molecule has 2 heterocycles. The van der Waals surface area contributed by atoms with E-state index in [-0.39, 0.29) is 5.97 Å². The number of nitrogens with zero attached hydrogens (tertiary/aromatic N) is 1. The Morgan fingerprint density at radius 3 is 2.36 bits per heavy atom. The van der Waals surface area contributed by atoms with E-state index in [2.05, 4.69) is 4.90 Å². The van der Waals surface area contributed by atoms with Crippen LogP contribution in [0, 0.1) is 11.3 Å². The third-order valence-electron chi connectivity index (χ3n) is 4.85. The van der Waals surface area contributed by atoms with E-state index in [4.69, 9.17) is 15.2 Å². The van der Waals surface area contributed by atoms with Gasteiger partial charge >= 0.3 is 5.97 Å². The topological polar surface area (TPSA) is 64.8 Å². The molecule has 0 aromatic rings. The monoisotopic (exact) mass is 312 g/mol. The van der Waals surface area contributed by atoms with Gasteiger partial charge in [0.05, 0.1) is 5.41 Å². The summed E-state index contributed by atoms with van der Waals surface area (Å²) in [4.78, 5) is 15.2. The molecule has 0 spiro atoms. The Morgan fingerprint density at radius 1 is 1.27 bits per heavy atom. The van der Waals surface area contributed by atoms with Crippen LogP contribution >= 0.6 is 0 Å². The quantitative estimate of drug-likeness (QED) is 0.802. The van der Waals surface area contributed by atoms with Gasteiger partial charge in [0.15, 0.2) is 0 Å². The summed E-state index contributed by atoms with van der Waals surface area (Å²) in [5.41, 5.74) is 4.93. The smallest absolute Gasteiger partial charge is 0.314 e. The molecule has 0 bridgehead atoms. The number of likely N-dealkylation sites (tertiary alicyclic amines) is 1. The molecular formula is C17H32N2O3. The van der Waals surface area contributed by atoms with Crippen LogP contribution in [0.15, 0.2) is 0 Å². The lowest BCUT2D eigenvalue weighted by molar-refractivity contribution is -0.175. The molecule has 128 valence electrons. The second-order valence-corrected chi connectivity index (χ2v) is 7.85. The largest absolute Gasteiger partial charge is 0.460 e. The van der Waals surface area contributed by atoms with Crippen molar-refractivity contribution in [3.63, 3.8) is 0 Å². The van der Waals surface area contributed by atoms with Crippen molar-refractivity contribution in [1.29, 1.82) is 0 Å². The van der Waals surface area contributed by atoms with Gasteiger partial charge < -0.3 is 20.1 Å². The van der Waals surface area contributed by atoms with Gasteiger partial charge in [0.2, 0.25) is 0 Å². The highest BCUT2D eigenvalue weighted by molar-refractivity contribution is 5.77. The molecule has 0 aliphatic carbocycles. The molecular weight excluding hydrogens is 280 g/mol. The van der Waals surface area contributed by atoms with Crippen molar-refractivity contribution in [2.75, 3.05) is 39.4 Å². The molecule has 2 N–H and O–H groups in total. The van der Waals surface area contributed by atoms with Gasteiger partial charge in [0.1, 0.15) is 5.60 Å². The lowest BCUT2D eigenvalue weighted by atomic mass is 9.79. The van der Waals surface area contributed by atoms with Crippen LogP contribution in [0.1, 0.15) is 46.5 Å². The highest BCUT2D eigenvalue weighted by Gasteiger charge is 2.44. The average Bonchev–Trinajstić information content (AvgIpc) is 2.47. The molecule has 0 amide bonds. The lowest BCUT2D eigenvalue weighted by Crippen LogP contribution is -2.50. The second-order valence-electron chi connectivity index (χ2n) is 7.85. The van der Waals surface area contributed by atoms with Crippen LogP contribution in [0.3, 0.4) is 0 Å². The predicted molar refractivity (Wildman–Crippen MR) is 86.5 cm³/mol. The first-order valence-electron chi connectivity index (χ1n) is 8.58. The number of ether oxygens (including phenoxy) is 2. The first kappa shape index (κ1) is 17.7. The highest BCUT2D eigenvalue weighted by Crippen LogP contribution is 2.35. The molecule has 2 rings (SSSR count). The van der Waals surface area contributed by atoms with Crippen LogP contribution in [0.25, 0.3) is 0 Å². The molecule has 22 heavy (non-hydrogen) atoms. The normalized spacial score (nSPS) is 24.2. The number of carbonyl (C=O) groups excluding carboxylic acids is 1. The Kier molecular flexibility index (Phi) is 5.86. The van der Waals surface area contributed by atoms with Crippen LogP contribution < -0.4 is 5.73 Å². The van der Waals surface area contributed by atoms with Gasteiger partial charge in [-0.2, -0.15) is 0 Å². The maximum Gasteiger partial charge on any atom is 0.314 e. The molecule has 5 nitrogen and oxygen atoms in total. The van der Waals surface area contributed by atoms with Gasteiger partial charge in [-0.25, -0.2) is 0 Å². The van der Waals surface area contributed by atoms with E-state index in [9.17, 15) is 4.79 Å². The van der Waals surface area contributed by atoms with Gasteiger partial charge in [-0.3, -0.25) is 4.79 Å². The van der Waals surface area contributed by atoms with E-state index in [1.165, 1.54) is 0 Å². The molecule has 0 radical (unpaired) electrons. The first-order valence-corrected chi connectivity index (χ1v) is 8.58. The van der Waals surface area contributed by atoms with Crippen LogP contribution in [-0.2, 0) is 14.3 Å². The van der Waals surface area contributed by atoms with Crippen molar-refractivity contribution in [2.24, 2.45) is 17.1 Å².